The molecule has 0 spiro atoms. The van der Waals surface area contributed by atoms with Gasteiger partial charge in [0.25, 0.3) is 0 Å². The fraction of sp³-hybridized carbons (Fsp3) is 0.100. The van der Waals surface area contributed by atoms with Crippen LogP contribution in [0.25, 0.3) is 10.8 Å². The second kappa shape index (κ2) is 7.15. The summed E-state index contributed by atoms with van der Waals surface area (Å²) >= 11 is 0. The highest BCUT2D eigenvalue weighted by molar-refractivity contribution is 5.96. The summed E-state index contributed by atoms with van der Waals surface area (Å²) in [6.45, 7) is 0.424. The highest BCUT2D eigenvalue weighted by Crippen LogP contribution is 2.23. The normalized spacial score (nSPS) is 10.5. The third-order valence-electron chi connectivity index (χ3n) is 3.87. The number of carbonyl (C=O) groups is 2. The summed E-state index contributed by atoms with van der Waals surface area (Å²) in [6.07, 6.45) is 0. The first kappa shape index (κ1) is 16.7. The summed E-state index contributed by atoms with van der Waals surface area (Å²) in [4.78, 5) is 23.8. The van der Waals surface area contributed by atoms with Crippen LogP contribution in [-0.4, -0.2) is 19.0 Å². The number of ether oxygens (including phenoxy) is 2. The Morgan fingerprint density at radius 1 is 0.840 bits per heavy atom. The summed E-state index contributed by atoms with van der Waals surface area (Å²) in [5.74, 6) is -0.390. The first-order chi connectivity index (χ1) is 12.1. The minimum Gasteiger partial charge on any atom is -0.465 e. The van der Waals surface area contributed by atoms with Crippen molar-refractivity contribution in [2.24, 2.45) is 5.73 Å². The number of methoxy groups -OCH3 is 1. The molecular weight excluding hydrogens is 318 g/mol. The van der Waals surface area contributed by atoms with Crippen molar-refractivity contribution in [3.8, 4) is 5.75 Å². The van der Waals surface area contributed by atoms with Crippen molar-refractivity contribution in [1.29, 1.82) is 0 Å². The van der Waals surface area contributed by atoms with Gasteiger partial charge in [-0.25, -0.2) is 9.59 Å². The molecule has 0 radical (unpaired) electrons. The van der Waals surface area contributed by atoms with Crippen LogP contribution in [0.3, 0.4) is 0 Å². The molecule has 0 unspecified atom stereocenters. The van der Waals surface area contributed by atoms with Crippen molar-refractivity contribution in [2.75, 3.05) is 7.11 Å². The van der Waals surface area contributed by atoms with E-state index in [9.17, 15) is 9.59 Å². The number of nitrogens with two attached hydrogens (primary N) is 1. The fourth-order valence-corrected chi connectivity index (χ4v) is 2.48. The predicted molar refractivity (Wildman–Crippen MR) is 94.6 cm³/mol. The lowest BCUT2D eigenvalue weighted by Crippen LogP contribution is -2.08. The van der Waals surface area contributed by atoms with Gasteiger partial charge in [-0.05, 0) is 52.7 Å². The monoisotopic (exact) mass is 335 g/mol. The van der Waals surface area contributed by atoms with Crippen molar-refractivity contribution in [3.63, 3.8) is 0 Å². The van der Waals surface area contributed by atoms with Crippen molar-refractivity contribution in [1.82, 2.24) is 0 Å². The van der Waals surface area contributed by atoms with Gasteiger partial charge >= 0.3 is 11.9 Å². The Hall–Kier alpha value is -3.18. The number of hydrogen-bond acceptors (Lipinski definition) is 5. The average Bonchev–Trinajstić information content (AvgIpc) is 2.67. The van der Waals surface area contributed by atoms with Gasteiger partial charge in [0.2, 0.25) is 0 Å². The topological polar surface area (TPSA) is 78.6 Å². The lowest BCUT2D eigenvalue weighted by Gasteiger charge is -2.07. The van der Waals surface area contributed by atoms with Crippen LogP contribution in [0.1, 0.15) is 26.3 Å². The number of rotatable bonds is 4. The zero-order valence-corrected chi connectivity index (χ0v) is 13.7. The van der Waals surface area contributed by atoms with E-state index >= 15 is 0 Å². The molecule has 0 atom stereocenters. The van der Waals surface area contributed by atoms with Gasteiger partial charge in [-0.15, -0.1) is 0 Å². The predicted octanol–water partition coefficient (Wildman–Crippen LogP) is 3.30. The molecule has 0 aliphatic heterocycles. The molecule has 0 heterocycles. The Morgan fingerprint density at radius 3 is 2.16 bits per heavy atom. The molecule has 0 aliphatic rings. The quantitative estimate of drug-likeness (QED) is 0.584. The van der Waals surface area contributed by atoms with Gasteiger partial charge < -0.3 is 15.2 Å². The van der Waals surface area contributed by atoms with E-state index in [1.54, 1.807) is 60.7 Å². The number of hydrogen-bond donors (Lipinski definition) is 1. The minimum absolute atomic E-state index is 0.390. The summed E-state index contributed by atoms with van der Waals surface area (Å²) in [5, 5.41) is 1.71. The van der Waals surface area contributed by atoms with Crippen molar-refractivity contribution >= 4 is 22.7 Å². The Morgan fingerprint density at radius 2 is 1.48 bits per heavy atom. The summed E-state index contributed by atoms with van der Waals surface area (Å²) in [6, 6.07) is 17.4. The lowest BCUT2D eigenvalue weighted by atomic mass is 10.1. The molecule has 3 aromatic rings. The molecule has 0 aromatic heterocycles. The maximum atomic E-state index is 12.2. The summed E-state index contributed by atoms with van der Waals surface area (Å²) < 4.78 is 10.1. The van der Waals surface area contributed by atoms with Gasteiger partial charge in [0.15, 0.2) is 0 Å². The van der Waals surface area contributed by atoms with E-state index in [0.717, 1.165) is 16.3 Å². The minimum atomic E-state index is -0.436. The van der Waals surface area contributed by atoms with E-state index in [2.05, 4.69) is 0 Å². The molecule has 2 N–H and O–H groups in total. The van der Waals surface area contributed by atoms with Crippen LogP contribution >= 0.6 is 0 Å². The van der Waals surface area contributed by atoms with Crippen LogP contribution in [0.2, 0.25) is 0 Å². The highest BCUT2D eigenvalue weighted by atomic mass is 16.5. The molecule has 3 rings (SSSR count). The SMILES string of the molecule is COC(=O)c1ccc2cc(OC(=O)c3ccc(CN)cc3)ccc2c1. The van der Waals surface area contributed by atoms with E-state index in [0.29, 0.717) is 23.4 Å². The molecule has 0 aliphatic carbocycles. The zero-order valence-electron chi connectivity index (χ0n) is 13.7. The van der Waals surface area contributed by atoms with Crippen LogP contribution in [0.4, 0.5) is 0 Å². The molecule has 0 saturated carbocycles. The van der Waals surface area contributed by atoms with E-state index in [4.69, 9.17) is 15.2 Å². The Balaban J connectivity index is 1.81. The molecule has 5 heteroatoms. The van der Waals surface area contributed by atoms with Crippen molar-refractivity contribution in [3.05, 3.63) is 77.4 Å². The molecule has 0 amide bonds. The summed E-state index contributed by atoms with van der Waals surface area (Å²) in [7, 11) is 1.34. The fourth-order valence-electron chi connectivity index (χ4n) is 2.48. The Bertz CT molecular complexity index is 932. The molecule has 25 heavy (non-hydrogen) atoms. The van der Waals surface area contributed by atoms with E-state index in [-0.39, 0.29) is 0 Å². The van der Waals surface area contributed by atoms with Crippen LogP contribution in [-0.2, 0) is 11.3 Å². The van der Waals surface area contributed by atoms with Crippen LogP contribution in [0.15, 0.2) is 60.7 Å². The molecule has 0 bridgehead atoms. The van der Waals surface area contributed by atoms with Crippen LogP contribution in [0.5, 0.6) is 5.75 Å². The second-order valence-electron chi connectivity index (χ2n) is 5.51. The maximum Gasteiger partial charge on any atom is 0.343 e. The molecule has 3 aromatic carbocycles. The van der Waals surface area contributed by atoms with Crippen LogP contribution < -0.4 is 10.5 Å². The average molecular weight is 335 g/mol. The van der Waals surface area contributed by atoms with Gasteiger partial charge in [-0.2, -0.15) is 0 Å². The van der Waals surface area contributed by atoms with Crippen molar-refractivity contribution < 1.29 is 19.1 Å². The van der Waals surface area contributed by atoms with Crippen molar-refractivity contribution in [2.45, 2.75) is 6.54 Å². The number of carbonyl (C=O) groups excluding carboxylic acids is 2. The van der Waals surface area contributed by atoms with E-state index in [1.165, 1.54) is 7.11 Å². The third-order valence-corrected chi connectivity index (χ3v) is 3.87. The van der Waals surface area contributed by atoms with Gasteiger partial charge in [0.05, 0.1) is 18.2 Å². The molecule has 5 nitrogen and oxygen atoms in total. The maximum absolute atomic E-state index is 12.2. The number of benzene rings is 3. The summed E-state index contributed by atoms with van der Waals surface area (Å²) in [5.41, 5.74) is 7.42. The Labute approximate surface area is 145 Å². The number of fused-ring (bicyclic) bond motifs is 1. The van der Waals surface area contributed by atoms with E-state index in [1.807, 2.05) is 0 Å². The lowest BCUT2D eigenvalue weighted by molar-refractivity contribution is 0.0600. The highest BCUT2D eigenvalue weighted by Gasteiger charge is 2.10. The molecule has 0 fully saturated rings. The van der Waals surface area contributed by atoms with Gasteiger partial charge in [-0.3, -0.25) is 0 Å². The second-order valence-corrected chi connectivity index (χ2v) is 5.51. The smallest absolute Gasteiger partial charge is 0.343 e. The molecule has 0 saturated heterocycles. The number of esters is 2. The largest absolute Gasteiger partial charge is 0.465 e. The van der Waals surface area contributed by atoms with Gasteiger partial charge in [0, 0.05) is 6.54 Å². The first-order valence-electron chi connectivity index (χ1n) is 7.74. The standard InChI is InChI=1S/C20H17NO4/c1-24-19(22)17-7-6-16-11-18(9-8-15(16)10-17)25-20(23)14-4-2-13(12-21)3-5-14/h2-11H,12,21H2,1H3. The van der Waals surface area contributed by atoms with Gasteiger partial charge in [0.1, 0.15) is 5.75 Å². The first-order valence-corrected chi connectivity index (χ1v) is 7.74. The zero-order chi connectivity index (χ0) is 17.8. The van der Waals surface area contributed by atoms with Crippen LogP contribution in [0, 0.1) is 0 Å². The molecular formula is C20H17NO4. The Kier molecular flexibility index (Phi) is 4.77. The molecule has 126 valence electrons. The third kappa shape index (κ3) is 3.67. The van der Waals surface area contributed by atoms with Gasteiger partial charge in [-0.1, -0.05) is 24.3 Å². The van der Waals surface area contributed by atoms with E-state index < -0.39 is 11.9 Å².